The molecule has 1 atom stereocenters. The van der Waals surface area contributed by atoms with Crippen molar-refractivity contribution in [1.82, 2.24) is 4.90 Å². The van der Waals surface area contributed by atoms with Crippen LogP contribution in [0.15, 0.2) is 0 Å². The van der Waals surface area contributed by atoms with Crippen molar-refractivity contribution >= 4 is 11.8 Å². The van der Waals surface area contributed by atoms with Crippen molar-refractivity contribution in [1.29, 1.82) is 0 Å². The lowest BCUT2D eigenvalue weighted by Crippen LogP contribution is -2.27. The lowest BCUT2D eigenvalue weighted by molar-refractivity contribution is 0.258. The first-order valence-corrected chi connectivity index (χ1v) is 4.79. The van der Waals surface area contributed by atoms with Gasteiger partial charge >= 0.3 is 0 Å². The average Bonchev–Trinajstić information content (AvgIpc) is 2.13. The summed E-state index contributed by atoms with van der Waals surface area (Å²) < 4.78 is 0. The number of nitrogens with zero attached hydrogens (tertiary/aromatic N) is 1. The van der Waals surface area contributed by atoms with E-state index in [0.29, 0.717) is 11.9 Å². The highest BCUT2D eigenvalue weighted by Gasteiger charge is 2.14. The first kappa shape index (κ1) is 8.37. The molecule has 1 heterocycles. The fourth-order valence-corrected chi connectivity index (χ4v) is 2.28. The molecule has 0 aliphatic carbocycles. The Morgan fingerprint density at radius 2 is 2.50 bits per heavy atom. The van der Waals surface area contributed by atoms with E-state index in [0.717, 1.165) is 6.54 Å². The molecule has 10 heavy (non-hydrogen) atoms. The molecule has 1 aliphatic rings. The van der Waals surface area contributed by atoms with Gasteiger partial charge in [0, 0.05) is 11.8 Å². The van der Waals surface area contributed by atoms with Crippen LogP contribution in [-0.2, 0) is 0 Å². The van der Waals surface area contributed by atoms with Crippen LogP contribution >= 0.6 is 11.8 Å². The standard InChI is InChI=1S/C7H15NOS/c1-8-3-2-4-10-7(5-8)6-9/h7,9H,2-6H2,1H3. The topological polar surface area (TPSA) is 23.5 Å². The van der Waals surface area contributed by atoms with Crippen molar-refractivity contribution in [3.05, 3.63) is 0 Å². The van der Waals surface area contributed by atoms with E-state index < -0.39 is 0 Å². The van der Waals surface area contributed by atoms with Crippen molar-refractivity contribution in [3.63, 3.8) is 0 Å². The Labute approximate surface area is 66.6 Å². The molecule has 0 amide bonds. The van der Waals surface area contributed by atoms with Gasteiger partial charge in [0.25, 0.3) is 0 Å². The number of hydrogen-bond acceptors (Lipinski definition) is 3. The number of rotatable bonds is 1. The van der Waals surface area contributed by atoms with Crippen LogP contribution in [0.4, 0.5) is 0 Å². The van der Waals surface area contributed by atoms with Crippen molar-refractivity contribution in [2.24, 2.45) is 0 Å². The summed E-state index contributed by atoms with van der Waals surface area (Å²) in [5.74, 6) is 1.20. The Kier molecular flexibility index (Phi) is 3.52. The average molecular weight is 161 g/mol. The molecule has 0 aromatic carbocycles. The van der Waals surface area contributed by atoms with E-state index in [9.17, 15) is 0 Å². The largest absolute Gasteiger partial charge is 0.395 e. The van der Waals surface area contributed by atoms with Crippen molar-refractivity contribution in [2.75, 3.05) is 32.5 Å². The van der Waals surface area contributed by atoms with E-state index >= 15 is 0 Å². The van der Waals surface area contributed by atoms with Gasteiger partial charge in [-0.3, -0.25) is 0 Å². The van der Waals surface area contributed by atoms with Gasteiger partial charge in [0.2, 0.25) is 0 Å². The van der Waals surface area contributed by atoms with E-state index in [1.54, 1.807) is 0 Å². The summed E-state index contributed by atoms with van der Waals surface area (Å²) in [6.45, 7) is 2.56. The van der Waals surface area contributed by atoms with Gasteiger partial charge in [0.05, 0.1) is 6.61 Å². The van der Waals surface area contributed by atoms with Gasteiger partial charge in [-0.25, -0.2) is 0 Å². The van der Waals surface area contributed by atoms with E-state index in [1.165, 1.54) is 18.7 Å². The quantitative estimate of drug-likeness (QED) is 0.603. The molecule has 0 bridgehead atoms. The maximum absolute atomic E-state index is 8.89. The van der Waals surface area contributed by atoms with E-state index in [-0.39, 0.29) is 0 Å². The summed E-state index contributed by atoms with van der Waals surface area (Å²) in [5, 5.41) is 9.34. The third-order valence-corrected chi connectivity index (χ3v) is 3.05. The minimum Gasteiger partial charge on any atom is -0.395 e. The number of thioether (sulfide) groups is 1. The summed E-state index contributed by atoms with van der Waals surface area (Å²) in [7, 11) is 2.12. The molecular formula is C7H15NOS. The maximum atomic E-state index is 8.89. The molecule has 0 spiro atoms. The minimum atomic E-state index is 0.328. The Morgan fingerprint density at radius 3 is 3.20 bits per heavy atom. The molecule has 60 valence electrons. The zero-order chi connectivity index (χ0) is 7.40. The molecule has 3 heteroatoms. The second kappa shape index (κ2) is 4.21. The predicted molar refractivity (Wildman–Crippen MR) is 45.4 cm³/mol. The van der Waals surface area contributed by atoms with Crippen LogP contribution in [0.3, 0.4) is 0 Å². The van der Waals surface area contributed by atoms with E-state index in [4.69, 9.17) is 5.11 Å². The molecule has 1 N–H and O–H groups in total. The molecule has 0 saturated carbocycles. The fourth-order valence-electron chi connectivity index (χ4n) is 1.19. The Bertz CT molecular complexity index is 99.6. The van der Waals surface area contributed by atoms with Crippen molar-refractivity contribution in [3.8, 4) is 0 Å². The monoisotopic (exact) mass is 161 g/mol. The van der Waals surface area contributed by atoms with Gasteiger partial charge in [-0.1, -0.05) is 0 Å². The van der Waals surface area contributed by atoms with Crippen LogP contribution in [0, 0.1) is 0 Å². The van der Waals surface area contributed by atoms with Gasteiger partial charge < -0.3 is 10.0 Å². The molecule has 2 nitrogen and oxygen atoms in total. The van der Waals surface area contributed by atoms with Crippen LogP contribution in [0.5, 0.6) is 0 Å². The van der Waals surface area contributed by atoms with Gasteiger partial charge in [-0.15, -0.1) is 0 Å². The Hall–Kier alpha value is 0.270. The highest BCUT2D eigenvalue weighted by atomic mass is 32.2. The Balaban J connectivity index is 2.30. The first-order chi connectivity index (χ1) is 4.83. The predicted octanol–water partition coefficient (Wildman–Crippen LogP) is 0.416. The van der Waals surface area contributed by atoms with Gasteiger partial charge in [0.1, 0.15) is 0 Å². The third kappa shape index (κ3) is 2.48. The summed E-state index contributed by atoms with van der Waals surface area (Å²) in [5.41, 5.74) is 0. The molecule has 1 aliphatic heterocycles. The summed E-state index contributed by atoms with van der Waals surface area (Å²) in [6.07, 6.45) is 1.26. The maximum Gasteiger partial charge on any atom is 0.0562 e. The normalized spacial score (nSPS) is 30.0. The summed E-state index contributed by atoms with van der Waals surface area (Å²) >= 11 is 1.90. The van der Waals surface area contributed by atoms with Gasteiger partial charge in [0.15, 0.2) is 0 Å². The van der Waals surface area contributed by atoms with E-state index in [2.05, 4.69) is 11.9 Å². The molecule has 1 fully saturated rings. The zero-order valence-corrected chi connectivity index (χ0v) is 7.23. The van der Waals surface area contributed by atoms with Crippen LogP contribution in [0.1, 0.15) is 6.42 Å². The summed E-state index contributed by atoms with van der Waals surface area (Å²) in [6, 6.07) is 0. The molecule has 1 rings (SSSR count). The lowest BCUT2D eigenvalue weighted by Gasteiger charge is -2.16. The zero-order valence-electron chi connectivity index (χ0n) is 6.42. The fraction of sp³-hybridized carbons (Fsp3) is 1.00. The van der Waals surface area contributed by atoms with E-state index in [1.807, 2.05) is 11.8 Å². The molecule has 0 aromatic heterocycles. The highest BCUT2D eigenvalue weighted by Crippen LogP contribution is 2.16. The van der Waals surface area contributed by atoms with Crippen molar-refractivity contribution < 1.29 is 5.11 Å². The second-order valence-electron chi connectivity index (χ2n) is 2.79. The Morgan fingerprint density at radius 1 is 1.70 bits per heavy atom. The first-order valence-electron chi connectivity index (χ1n) is 3.74. The molecule has 1 saturated heterocycles. The molecule has 0 radical (unpaired) electrons. The minimum absolute atomic E-state index is 0.328. The second-order valence-corrected chi connectivity index (χ2v) is 4.20. The highest BCUT2D eigenvalue weighted by molar-refractivity contribution is 7.99. The SMILES string of the molecule is CN1CCCSC(CO)C1. The third-order valence-electron chi connectivity index (χ3n) is 1.76. The number of hydrogen-bond donors (Lipinski definition) is 1. The lowest BCUT2D eigenvalue weighted by atomic mass is 10.4. The summed E-state index contributed by atoms with van der Waals surface area (Å²) in [4.78, 5) is 2.29. The molecular weight excluding hydrogens is 146 g/mol. The van der Waals surface area contributed by atoms with Gasteiger partial charge in [-0.2, -0.15) is 11.8 Å². The van der Waals surface area contributed by atoms with Crippen LogP contribution < -0.4 is 0 Å². The van der Waals surface area contributed by atoms with Crippen LogP contribution in [-0.4, -0.2) is 47.8 Å². The number of aliphatic hydroxyl groups excluding tert-OH is 1. The van der Waals surface area contributed by atoms with Crippen molar-refractivity contribution in [2.45, 2.75) is 11.7 Å². The van der Waals surface area contributed by atoms with Gasteiger partial charge in [-0.05, 0) is 25.8 Å². The molecule has 1 unspecified atom stereocenters. The van der Waals surface area contributed by atoms with Crippen LogP contribution in [0.25, 0.3) is 0 Å². The van der Waals surface area contributed by atoms with Crippen LogP contribution in [0.2, 0.25) is 0 Å². The molecule has 0 aromatic rings. The number of aliphatic hydroxyl groups is 1. The smallest absolute Gasteiger partial charge is 0.0562 e.